The first kappa shape index (κ1) is 22.2. The van der Waals surface area contributed by atoms with Gasteiger partial charge in [0, 0.05) is 63.3 Å². The maximum absolute atomic E-state index is 5.95. The number of aromatic nitrogens is 1. The third-order valence-corrected chi connectivity index (χ3v) is 5.20. The first-order valence-electron chi connectivity index (χ1n) is 9.69. The number of ether oxygens (including phenoxy) is 2. The number of benzene rings is 1. The summed E-state index contributed by atoms with van der Waals surface area (Å²) in [7, 11) is 3.50. The number of nitrogens with one attached hydrogen (secondary N) is 2. The normalized spacial score (nSPS) is 11.5. The van der Waals surface area contributed by atoms with Gasteiger partial charge in [0.15, 0.2) is 5.96 Å². The van der Waals surface area contributed by atoms with Gasteiger partial charge in [0.05, 0.1) is 11.6 Å². The molecule has 0 saturated carbocycles. The van der Waals surface area contributed by atoms with Crippen LogP contribution in [0.2, 0.25) is 0 Å². The fraction of sp³-hybridized carbons (Fsp3) is 0.524. The number of rotatable bonds is 11. The summed E-state index contributed by atoms with van der Waals surface area (Å²) in [5.74, 6) is 1.71. The fourth-order valence-electron chi connectivity index (χ4n) is 2.69. The van der Waals surface area contributed by atoms with Crippen molar-refractivity contribution in [3.05, 3.63) is 45.4 Å². The van der Waals surface area contributed by atoms with E-state index < -0.39 is 0 Å². The highest BCUT2D eigenvalue weighted by atomic mass is 32.1. The first-order chi connectivity index (χ1) is 13.6. The lowest BCUT2D eigenvalue weighted by Crippen LogP contribution is -2.37. The van der Waals surface area contributed by atoms with Gasteiger partial charge >= 0.3 is 0 Å². The van der Waals surface area contributed by atoms with Gasteiger partial charge in [-0.05, 0) is 31.9 Å². The molecule has 1 aromatic heterocycles. The number of hydrogen-bond donors (Lipinski definition) is 2. The summed E-state index contributed by atoms with van der Waals surface area (Å²) in [4.78, 5) is 8.81. The van der Waals surface area contributed by atoms with Crippen LogP contribution in [0.4, 0.5) is 0 Å². The molecule has 7 heteroatoms. The molecule has 0 bridgehead atoms. The molecule has 2 rings (SSSR count). The maximum atomic E-state index is 5.95. The summed E-state index contributed by atoms with van der Waals surface area (Å²) in [5.41, 5.74) is 3.40. The van der Waals surface area contributed by atoms with Gasteiger partial charge in [-0.2, -0.15) is 0 Å². The topological polar surface area (TPSA) is 67.8 Å². The molecule has 6 nitrogen and oxygen atoms in total. The molecule has 0 amide bonds. The zero-order chi connectivity index (χ0) is 20.2. The van der Waals surface area contributed by atoms with Crippen molar-refractivity contribution in [3.8, 4) is 5.75 Å². The minimum absolute atomic E-state index is 0.646. The van der Waals surface area contributed by atoms with Gasteiger partial charge in [0.1, 0.15) is 5.75 Å². The number of nitrogens with zero attached hydrogens (tertiary/aromatic N) is 2. The van der Waals surface area contributed by atoms with Gasteiger partial charge in [-0.1, -0.05) is 12.1 Å². The average molecular weight is 405 g/mol. The van der Waals surface area contributed by atoms with Gasteiger partial charge in [0.2, 0.25) is 0 Å². The molecule has 28 heavy (non-hydrogen) atoms. The summed E-state index contributed by atoms with van der Waals surface area (Å²) < 4.78 is 11.0. The second-order valence-electron chi connectivity index (χ2n) is 6.64. The van der Waals surface area contributed by atoms with Crippen molar-refractivity contribution in [1.29, 1.82) is 0 Å². The van der Waals surface area contributed by atoms with E-state index in [9.17, 15) is 0 Å². The van der Waals surface area contributed by atoms with Crippen molar-refractivity contribution in [2.24, 2.45) is 4.99 Å². The maximum Gasteiger partial charge on any atom is 0.191 e. The van der Waals surface area contributed by atoms with E-state index in [0.717, 1.165) is 48.8 Å². The minimum Gasteiger partial charge on any atom is -0.493 e. The molecule has 0 aliphatic heterocycles. The average Bonchev–Trinajstić information content (AvgIpc) is 3.11. The van der Waals surface area contributed by atoms with Crippen molar-refractivity contribution in [2.75, 3.05) is 33.9 Å². The van der Waals surface area contributed by atoms with Crippen LogP contribution in [-0.2, 0) is 17.7 Å². The molecule has 154 valence electrons. The largest absolute Gasteiger partial charge is 0.493 e. The van der Waals surface area contributed by atoms with E-state index >= 15 is 0 Å². The molecule has 0 saturated heterocycles. The summed E-state index contributed by atoms with van der Waals surface area (Å²) in [6, 6.07) is 6.29. The molecule has 0 aliphatic rings. The molecule has 0 atom stereocenters. The Balaban J connectivity index is 1.78. The zero-order valence-electron chi connectivity index (χ0n) is 17.4. The first-order valence-corrected chi connectivity index (χ1v) is 10.6. The third kappa shape index (κ3) is 7.86. The molecule has 2 N–H and O–H groups in total. The number of thiazole rings is 1. The highest BCUT2D eigenvalue weighted by Crippen LogP contribution is 2.20. The number of guanidine groups is 1. The summed E-state index contributed by atoms with van der Waals surface area (Å²) >= 11 is 1.73. The smallest absolute Gasteiger partial charge is 0.191 e. The van der Waals surface area contributed by atoms with Crippen LogP contribution in [0.5, 0.6) is 5.75 Å². The van der Waals surface area contributed by atoms with Crippen LogP contribution in [-0.4, -0.2) is 44.9 Å². The molecular weight excluding hydrogens is 372 g/mol. The molecule has 0 radical (unpaired) electrons. The second kappa shape index (κ2) is 12.4. The Morgan fingerprint density at radius 3 is 2.75 bits per heavy atom. The standard InChI is InChI=1S/C21H32N4O2S/c1-16-8-9-18(19(13-16)27-12-6-11-26-4)14-24-21(22-3)23-10-5-7-20-25-17(2)15-28-20/h8-9,13,15H,5-7,10-12,14H2,1-4H3,(H2,22,23,24). The molecule has 0 fully saturated rings. The lowest BCUT2D eigenvalue weighted by molar-refractivity contribution is 0.172. The predicted octanol–water partition coefficient (Wildman–Crippen LogP) is 3.47. The van der Waals surface area contributed by atoms with Gasteiger partial charge in [-0.3, -0.25) is 4.99 Å². The summed E-state index contributed by atoms with van der Waals surface area (Å²) in [6.07, 6.45) is 2.88. The van der Waals surface area contributed by atoms with Crippen LogP contribution >= 0.6 is 11.3 Å². The highest BCUT2D eigenvalue weighted by molar-refractivity contribution is 7.09. The van der Waals surface area contributed by atoms with Gasteiger partial charge in [-0.15, -0.1) is 11.3 Å². The Bertz CT molecular complexity index is 746. The molecule has 1 aromatic carbocycles. The molecular formula is C21H32N4O2S. The van der Waals surface area contributed by atoms with Crippen LogP contribution < -0.4 is 15.4 Å². The second-order valence-corrected chi connectivity index (χ2v) is 7.59. The number of methoxy groups -OCH3 is 1. The number of aliphatic imine (C=N–C) groups is 1. The number of hydrogen-bond acceptors (Lipinski definition) is 5. The Kier molecular flexibility index (Phi) is 9.79. The van der Waals surface area contributed by atoms with Crippen LogP contribution in [0.15, 0.2) is 28.6 Å². The lowest BCUT2D eigenvalue weighted by Gasteiger charge is -2.15. The van der Waals surface area contributed by atoms with Crippen molar-refractivity contribution >= 4 is 17.3 Å². The predicted molar refractivity (Wildman–Crippen MR) is 117 cm³/mol. The SMILES string of the molecule is CN=C(NCCCc1nc(C)cs1)NCc1ccc(C)cc1OCCCOC. The van der Waals surface area contributed by atoms with Crippen molar-refractivity contribution in [1.82, 2.24) is 15.6 Å². The lowest BCUT2D eigenvalue weighted by atomic mass is 10.1. The molecule has 1 heterocycles. The zero-order valence-corrected chi connectivity index (χ0v) is 18.2. The van der Waals surface area contributed by atoms with E-state index in [1.54, 1.807) is 25.5 Å². The van der Waals surface area contributed by atoms with Crippen LogP contribution in [0, 0.1) is 13.8 Å². The number of aryl methyl sites for hydroxylation is 3. The van der Waals surface area contributed by atoms with E-state index in [0.29, 0.717) is 19.8 Å². The van der Waals surface area contributed by atoms with E-state index in [1.165, 1.54) is 10.6 Å². The van der Waals surface area contributed by atoms with Crippen LogP contribution in [0.3, 0.4) is 0 Å². The highest BCUT2D eigenvalue weighted by Gasteiger charge is 2.06. The Hall–Kier alpha value is -2.12. The monoisotopic (exact) mass is 404 g/mol. The molecule has 0 aliphatic carbocycles. The quantitative estimate of drug-likeness (QED) is 0.341. The van der Waals surface area contributed by atoms with E-state index in [-0.39, 0.29) is 0 Å². The van der Waals surface area contributed by atoms with Crippen LogP contribution in [0.25, 0.3) is 0 Å². The Morgan fingerprint density at radius 2 is 2.04 bits per heavy atom. The Morgan fingerprint density at radius 1 is 1.18 bits per heavy atom. The molecule has 0 spiro atoms. The van der Waals surface area contributed by atoms with Crippen molar-refractivity contribution in [2.45, 2.75) is 39.7 Å². The third-order valence-electron chi connectivity index (χ3n) is 4.17. The van der Waals surface area contributed by atoms with Crippen molar-refractivity contribution < 1.29 is 9.47 Å². The fourth-order valence-corrected chi connectivity index (χ4v) is 3.51. The Labute approximate surface area is 172 Å². The molecule has 0 unspecified atom stereocenters. The van der Waals surface area contributed by atoms with Gasteiger partial charge in [-0.25, -0.2) is 4.98 Å². The minimum atomic E-state index is 0.646. The van der Waals surface area contributed by atoms with E-state index in [2.05, 4.69) is 51.1 Å². The van der Waals surface area contributed by atoms with E-state index in [1.807, 2.05) is 6.92 Å². The van der Waals surface area contributed by atoms with Crippen LogP contribution in [0.1, 0.15) is 34.7 Å². The summed E-state index contributed by atoms with van der Waals surface area (Å²) in [6.45, 7) is 6.97. The van der Waals surface area contributed by atoms with Gasteiger partial charge < -0.3 is 20.1 Å². The van der Waals surface area contributed by atoms with Crippen molar-refractivity contribution in [3.63, 3.8) is 0 Å². The summed E-state index contributed by atoms with van der Waals surface area (Å²) in [5, 5.41) is 10.0. The molecule has 2 aromatic rings. The van der Waals surface area contributed by atoms with Gasteiger partial charge in [0.25, 0.3) is 0 Å². The van der Waals surface area contributed by atoms with E-state index in [4.69, 9.17) is 9.47 Å².